The van der Waals surface area contributed by atoms with Crippen LogP contribution in [0.1, 0.15) is 22.3 Å². The fourth-order valence-corrected chi connectivity index (χ4v) is 4.53. The molecule has 2 nitrogen and oxygen atoms in total. The van der Waals surface area contributed by atoms with Crippen molar-refractivity contribution in [2.24, 2.45) is 0 Å². The summed E-state index contributed by atoms with van der Waals surface area (Å²) in [6, 6.07) is 48.8. The predicted octanol–water partition coefficient (Wildman–Crippen LogP) is 9.15. The maximum Gasteiger partial charge on any atom is 0.0998 e. The highest BCUT2D eigenvalue weighted by Gasteiger charge is 2.18. The first-order valence-electron chi connectivity index (χ1n) is 12.4. The van der Waals surface area contributed by atoms with Crippen LogP contribution in [0.2, 0.25) is 0 Å². The van der Waals surface area contributed by atoms with E-state index in [1.54, 1.807) is 0 Å². The maximum atomic E-state index is 10.3. The second kappa shape index (κ2) is 11.5. The fourth-order valence-electron chi connectivity index (χ4n) is 4.53. The van der Waals surface area contributed by atoms with Gasteiger partial charge >= 0.3 is 0 Å². The molecule has 0 aliphatic heterocycles. The zero-order chi connectivity index (χ0) is 26.2. The van der Waals surface area contributed by atoms with Crippen molar-refractivity contribution < 1.29 is 0 Å². The van der Waals surface area contributed by atoms with Crippen molar-refractivity contribution in [1.29, 1.82) is 10.5 Å². The van der Waals surface area contributed by atoms with Crippen LogP contribution in [0, 0.1) is 22.7 Å². The van der Waals surface area contributed by atoms with Gasteiger partial charge in [-0.3, -0.25) is 0 Å². The Balaban J connectivity index is 1.83. The van der Waals surface area contributed by atoms with Crippen LogP contribution < -0.4 is 0 Å². The van der Waals surface area contributed by atoms with Gasteiger partial charge in [0.25, 0.3) is 0 Å². The standard InChI is InChI=1S/C36H24N2/c37-25-31(21-27-13-5-1-6-14-27)35-23-34(30-19-11-4-12-20-30)36(24-33(35)29-17-9-3-10-18-29)32(26-38)22-28-15-7-2-8-16-28/h1-24H/b31-21+,32-22+. The van der Waals surface area contributed by atoms with E-state index >= 15 is 0 Å². The summed E-state index contributed by atoms with van der Waals surface area (Å²) in [6.07, 6.45) is 3.84. The zero-order valence-corrected chi connectivity index (χ0v) is 20.8. The Bertz CT molecular complexity index is 1550. The second-order valence-corrected chi connectivity index (χ2v) is 8.84. The summed E-state index contributed by atoms with van der Waals surface area (Å²) in [4.78, 5) is 0. The van der Waals surface area contributed by atoms with E-state index in [4.69, 9.17) is 0 Å². The minimum atomic E-state index is 0.560. The number of nitrogens with zero attached hydrogens (tertiary/aromatic N) is 2. The molecule has 0 unspecified atom stereocenters. The molecule has 5 rings (SSSR count). The van der Waals surface area contributed by atoms with E-state index in [2.05, 4.69) is 24.3 Å². The SMILES string of the molecule is N#C/C(=C\c1ccccc1)c1cc(-c2ccccc2)c(/C(C#N)=C/c2ccccc2)cc1-c1ccccc1. The lowest BCUT2D eigenvalue weighted by molar-refractivity contribution is 1.48. The normalized spacial score (nSPS) is 11.4. The monoisotopic (exact) mass is 484 g/mol. The van der Waals surface area contributed by atoms with E-state index in [0.29, 0.717) is 11.1 Å². The molecule has 38 heavy (non-hydrogen) atoms. The van der Waals surface area contributed by atoms with Gasteiger partial charge < -0.3 is 0 Å². The maximum absolute atomic E-state index is 10.3. The molecule has 0 amide bonds. The molecule has 0 spiro atoms. The minimum absolute atomic E-state index is 0.560. The Hall–Kier alpha value is -5.44. The summed E-state index contributed by atoms with van der Waals surface area (Å²) in [5.41, 5.74) is 8.43. The smallest absolute Gasteiger partial charge is 0.0998 e. The summed E-state index contributed by atoms with van der Waals surface area (Å²) in [6.45, 7) is 0. The molecule has 5 aromatic rings. The van der Waals surface area contributed by atoms with Gasteiger partial charge in [-0.25, -0.2) is 0 Å². The van der Waals surface area contributed by atoms with Crippen molar-refractivity contribution >= 4 is 23.3 Å². The zero-order valence-electron chi connectivity index (χ0n) is 20.8. The molecule has 5 aromatic carbocycles. The van der Waals surface area contributed by atoms with Gasteiger partial charge in [0.05, 0.1) is 23.3 Å². The molecule has 0 bridgehead atoms. The van der Waals surface area contributed by atoms with Gasteiger partial charge in [-0.05, 0) is 57.7 Å². The number of benzene rings is 5. The molecule has 178 valence electrons. The molecule has 0 saturated carbocycles. The molecular formula is C36H24N2. The highest BCUT2D eigenvalue weighted by molar-refractivity contribution is 6.02. The van der Waals surface area contributed by atoms with E-state index in [-0.39, 0.29) is 0 Å². The molecule has 0 fully saturated rings. The van der Waals surface area contributed by atoms with Crippen LogP contribution in [0.3, 0.4) is 0 Å². The Morgan fingerprint density at radius 2 is 0.763 bits per heavy atom. The average Bonchev–Trinajstić information content (AvgIpc) is 3.00. The summed E-state index contributed by atoms with van der Waals surface area (Å²) in [5, 5.41) is 20.6. The van der Waals surface area contributed by atoms with Gasteiger partial charge in [-0.2, -0.15) is 10.5 Å². The molecule has 0 N–H and O–H groups in total. The second-order valence-electron chi connectivity index (χ2n) is 8.84. The third-order valence-electron chi connectivity index (χ3n) is 6.37. The highest BCUT2D eigenvalue weighted by Crippen LogP contribution is 2.39. The van der Waals surface area contributed by atoms with Crippen LogP contribution in [0.25, 0.3) is 45.6 Å². The van der Waals surface area contributed by atoms with Crippen LogP contribution in [-0.4, -0.2) is 0 Å². The minimum Gasteiger partial charge on any atom is -0.192 e. The molecule has 0 aliphatic rings. The Morgan fingerprint density at radius 1 is 0.447 bits per heavy atom. The molecule has 0 aliphatic carbocycles. The van der Waals surface area contributed by atoms with Crippen LogP contribution in [0.4, 0.5) is 0 Å². The first kappa shape index (κ1) is 24.3. The molecule has 0 radical (unpaired) electrons. The molecule has 0 heterocycles. The van der Waals surface area contributed by atoms with Crippen molar-refractivity contribution in [3.05, 3.63) is 156 Å². The molecule has 0 atom stereocenters. The van der Waals surface area contributed by atoms with Crippen molar-refractivity contribution in [2.75, 3.05) is 0 Å². The van der Waals surface area contributed by atoms with Crippen molar-refractivity contribution in [1.82, 2.24) is 0 Å². The number of allylic oxidation sites excluding steroid dienone is 2. The summed E-state index contributed by atoms with van der Waals surface area (Å²) < 4.78 is 0. The molecule has 2 heteroatoms. The predicted molar refractivity (Wildman–Crippen MR) is 157 cm³/mol. The summed E-state index contributed by atoms with van der Waals surface area (Å²) in [5.74, 6) is 0. The van der Waals surface area contributed by atoms with E-state index in [0.717, 1.165) is 44.5 Å². The summed E-state index contributed by atoms with van der Waals surface area (Å²) >= 11 is 0. The number of rotatable bonds is 6. The Labute approximate surface area is 223 Å². The number of hydrogen-bond acceptors (Lipinski definition) is 2. The number of hydrogen-bond donors (Lipinski definition) is 0. The largest absolute Gasteiger partial charge is 0.192 e. The lowest BCUT2D eigenvalue weighted by atomic mass is 9.85. The van der Waals surface area contributed by atoms with Gasteiger partial charge in [0.2, 0.25) is 0 Å². The van der Waals surface area contributed by atoms with Crippen molar-refractivity contribution in [3.63, 3.8) is 0 Å². The topological polar surface area (TPSA) is 47.6 Å². The number of nitriles is 2. The Morgan fingerprint density at radius 3 is 1.08 bits per heavy atom. The third kappa shape index (κ3) is 5.36. The van der Waals surface area contributed by atoms with Gasteiger partial charge in [-0.1, -0.05) is 121 Å². The fraction of sp³-hybridized carbons (Fsp3) is 0. The summed E-state index contributed by atoms with van der Waals surface area (Å²) in [7, 11) is 0. The van der Waals surface area contributed by atoms with E-state index in [9.17, 15) is 10.5 Å². The molecule has 0 saturated heterocycles. The van der Waals surface area contributed by atoms with Gasteiger partial charge in [0.1, 0.15) is 0 Å². The van der Waals surface area contributed by atoms with Crippen molar-refractivity contribution in [3.8, 4) is 34.4 Å². The quantitative estimate of drug-likeness (QED) is 0.178. The molecule has 0 aromatic heterocycles. The van der Waals surface area contributed by atoms with E-state index in [1.807, 2.05) is 133 Å². The van der Waals surface area contributed by atoms with Gasteiger partial charge in [-0.15, -0.1) is 0 Å². The highest BCUT2D eigenvalue weighted by atomic mass is 14.3. The van der Waals surface area contributed by atoms with Crippen LogP contribution in [-0.2, 0) is 0 Å². The van der Waals surface area contributed by atoms with Crippen LogP contribution in [0.15, 0.2) is 133 Å². The van der Waals surface area contributed by atoms with Gasteiger partial charge in [0.15, 0.2) is 0 Å². The third-order valence-corrected chi connectivity index (χ3v) is 6.37. The average molecular weight is 485 g/mol. The first-order chi connectivity index (χ1) is 18.8. The van der Waals surface area contributed by atoms with Crippen LogP contribution in [0.5, 0.6) is 0 Å². The lowest BCUT2D eigenvalue weighted by Gasteiger charge is -2.17. The first-order valence-corrected chi connectivity index (χ1v) is 12.4. The van der Waals surface area contributed by atoms with Gasteiger partial charge in [0, 0.05) is 11.1 Å². The van der Waals surface area contributed by atoms with E-state index < -0.39 is 0 Å². The molecular weight excluding hydrogens is 460 g/mol. The van der Waals surface area contributed by atoms with E-state index in [1.165, 1.54) is 0 Å². The Kier molecular flexibility index (Phi) is 7.36. The van der Waals surface area contributed by atoms with Crippen molar-refractivity contribution in [2.45, 2.75) is 0 Å². The van der Waals surface area contributed by atoms with Crippen LogP contribution >= 0.6 is 0 Å². The lowest BCUT2D eigenvalue weighted by Crippen LogP contribution is -1.96.